The molecule has 0 bridgehead atoms. The first-order chi connectivity index (χ1) is 25.2. The summed E-state index contributed by atoms with van der Waals surface area (Å²) < 4.78 is 2.31. The highest BCUT2D eigenvalue weighted by Gasteiger charge is 2.42. The zero-order valence-electron chi connectivity index (χ0n) is 28.2. The van der Waals surface area contributed by atoms with Gasteiger partial charge < -0.3 is 10.3 Å². The van der Waals surface area contributed by atoms with E-state index in [0.717, 1.165) is 46.4 Å². The molecule has 2 aliphatic carbocycles. The van der Waals surface area contributed by atoms with Crippen LogP contribution in [0.1, 0.15) is 53.7 Å². The summed E-state index contributed by atoms with van der Waals surface area (Å²) in [6, 6.07) is 46.9. The molecule has 0 fully saturated rings. The van der Waals surface area contributed by atoms with E-state index in [1.54, 1.807) is 0 Å². The molecule has 5 aromatic carbocycles. The summed E-state index contributed by atoms with van der Waals surface area (Å²) in [7, 11) is 0. The van der Waals surface area contributed by atoms with Crippen molar-refractivity contribution >= 4 is 33.5 Å². The number of rotatable bonds is 5. The molecule has 0 spiro atoms. The second-order valence-electron chi connectivity index (χ2n) is 13.6. The number of hydrogen-bond donors (Lipinski definition) is 0. The number of hydrogen-bond acceptors (Lipinski definition) is 3. The van der Waals surface area contributed by atoms with Gasteiger partial charge in [-0.05, 0) is 100 Å². The SMILES string of the molecule is CC1(C2=CCCC=C2)c2ccccc2-c2cc3c4ccccc4n(-c4ccc(C5=NC(c6ccccc6)=NC(c6ccccc6)[N-]5)cn4)c3cc21. The normalized spacial score (nSPS) is 19.2. The summed E-state index contributed by atoms with van der Waals surface area (Å²) in [5.74, 6) is 2.15. The van der Waals surface area contributed by atoms with Crippen molar-refractivity contribution in [3.8, 4) is 16.9 Å². The predicted molar refractivity (Wildman–Crippen MR) is 209 cm³/mol. The van der Waals surface area contributed by atoms with Crippen LogP contribution in [0.15, 0.2) is 173 Å². The fourth-order valence-corrected chi connectivity index (χ4v) is 8.20. The average molecular weight is 657 g/mol. The first-order valence-electron chi connectivity index (χ1n) is 17.7. The Hall–Kier alpha value is -6.33. The largest absolute Gasteiger partial charge is 0.438 e. The van der Waals surface area contributed by atoms with E-state index < -0.39 is 0 Å². The third-order valence-electron chi connectivity index (χ3n) is 10.7. The van der Waals surface area contributed by atoms with Crippen molar-refractivity contribution in [2.75, 3.05) is 0 Å². The summed E-state index contributed by atoms with van der Waals surface area (Å²) in [6.07, 6.45) is 10.8. The van der Waals surface area contributed by atoms with Crippen LogP contribution in [0.25, 0.3) is 44.1 Å². The predicted octanol–water partition coefficient (Wildman–Crippen LogP) is 11.0. The van der Waals surface area contributed by atoms with E-state index >= 15 is 0 Å². The van der Waals surface area contributed by atoms with Gasteiger partial charge in [0.15, 0.2) is 0 Å². The molecule has 51 heavy (non-hydrogen) atoms. The third-order valence-corrected chi connectivity index (χ3v) is 10.7. The standard InChI is InChI=1S/C46H34N5/c1-46(33-19-9-4-10-20-33)38-23-13-11-21-34(38)36-27-37-35-22-12-14-24-40(35)51(41(37)28-39(36)46)42-26-25-32(29-47-42)45-49-43(30-15-5-2-6-16-30)48-44(50-45)31-17-7-3-8-18-31/h2-3,5-9,11-29,43H,4,10H2,1H3/q-1. The highest BCUT2D eigenvalue weighted by molar-refractivity contribution is 6.18. The molecule has 10 rings (SSSR count). The Morgan fingerprint density at radius 2 is 1.47 bits per heavy atom. The maximum absolute atomic E-state index is 5.11. The summed E-state index contributed by atoms with van der Waals surface area (Å²) in [5, 5.41) is 7.45. The molecule has 2 atom stereocenters. The zero-order valence-corrected chi connectivity index (χ0v) is 28.2. The minimum absolute atomic E-state index is 0.246. The van der Waals surface area contributed by atoms with Crippen molar-refractivity contribution in [2.24, 2.45) is 9.98 Å². The van der Waals surface area contributed by atoms with E-state index in [1.807, 2.05) is 54.7 Å². The molecule has 0 saturated heterocycles. The monoisotopic (exact) mass is 656 g/mol. The molecule has 244 valence electrons. The molecule has 0 radical (unpaired) electrons. The van der Waals surface area contributed by atoms with Crippen molar-refractivity contribution in [1.82, 2.24) is 9.55 Å². The van der Waals surface area contributed by atoms with Crippen LogP contribution in [0, 0.1) is 0 Å². The lowest BCUT2D eigenvalue weighted by atomic mass is 9.72. The Morgan fingerprint density at radius 1 is 0.686 bits per heavy atom. The van der Waals surface area contributed by atoms with Crippen LogP contribution in [-0.2, 0) is 5.41 Å². The van der Waals surface area contributed by atoms with Crippen LogP contribution >= 0.6 is 0 Å². The summed E-state index contributed by atoms with van der Waals surface area (Å²) in [5.41, 5.74) is 11.6. The van der Waals surface area contributed by atoms with Crippen molar-refractivity contribution in [2.45, 2.75) is 31.3 Å². The maximum atomic E-state index is 5.11. The van der Waals surface area contributed by atoms with E-state index in [-0.39, 0.29) is 11.6 Å². The Bertz CT molecular complexity index is 2610. The van der Waals surface area contributed by atoms with Crippen molar-refractivity contribution in [3.05, 3.63) is 197 Å². The van der Waals surface area contributed by atoms with E-state index in [9.17, 15) is 0 Å². The Labute approximate surface area is 297 Å². The highest BCUT2D eigenvalue weighted by Crippen LogP contribution is 2.55. The molecule has 5 nitrogen and oxygen atoms in total. The fraction of sp³-hybridized carbons (Fsp3) is 0.109. The van der Waals surface area contributed by atoms with Crippen molar-refractivity contribution in [1.29, 1.82) is 0 Å². The van der Waals surface area contributed by atoms with Gasteiger partial charge in [-0.2, -0.15) is 0 Å². The van der Waals surface area contributed by atoms with Gasteiger partial charge >= 0.3 is 0 Å². The molecule has 5 heteroatoms. The van der Waals surface area contributed by atoms with Crippen LogP contribution in [0.3, 0.4) is 0 Å². The van der Waals surface area contributed by atoms with Crippen LogP contribution in [0.4, 0.5) is 0 Å². The third kappa shape index (κ3) is 4.65. The van der Waals surface area contributed by atoms with E-state index in [1.165, 1.54) is 38.6 Å². The van der Waals surface area contributed by atoms with Crippen LogP contribution < -0.4 is 0 Å². The molecular formula is C46H34N5-. The quantitative estimate of drug-likeness (QED) is 0.182. The maximum Gasteiger partial charge on any atom is 0.137 e. The molecule has 3 aliphatic rings. The average Bonchev–Trinajstić information content (AvgIpc) is 3.67. The van der Waals surface area contributed by atoms with Gasteiger partial charge in [0.1, 0.15) is 5.82 Å². The molecule has 0 N–H and O–H groups in total. The van der Waals surface area contributed by atoms with Gasteiger partial charge in [0, 0.05) is 22.4 Å². The van der Waals surface area contributed by atoms with Crippen molar-refractivity contribution < 1.29 is 0 Å². The number of fused-ring (bicyclic) bond motifs is 6. The Kier molecular flexibility index (Phi) is 6.75. The summed E-state index contributed by atoms with van der Waals surface area (Å²) in [4.78, 5) is 15.0. The summed E-state index contributed by atoms with van der Waals surface area (Å²) in [6.45, 7) is 2.40. The van der Waals surface area contributed by atoms with Gasteiger partial charge in [-0.3, -0.25) is 9.56 Å². The Morgan fingerprint density at radius 3 is 2.27 bits per heavy atom. The number of nitrogens with zero attached hydrogens (tertiary/aromatic N) is 5. The molecule has 3 heterocycles. The van der Waals surface area contributed by atoms with Crippen LogP contribution in [0.5, 0.6) is 0 Å². The zero-order chi connectivity index (χ0) is 33.9. The molecule has 7 aromatic rings. The molecule has 0 saturated carbocycles. The van der Waals surface area contributed by atoms with Crippen LogP contribution in [-0.4, -0.2) is 21.2 Å². The topological polar surface area (TPSA) is 56.6 Å². The molecule has 0 amide bonds. The van der Waals surface area contributed by atoms with Gasteiger partial charge in [-0.1, -0.05) is 121 Å². The van der Waals surface area contributed by atoms with E-state index in [0.29, 0.717) is 11.7 Å². The van der Waals surface area contributed by atoms with Crippen molar-refractivity contribution in [3.63, 3.8) is 0 Å². The number of aliphatic imine (C=N–C) groups is 2. The second kappa shape index (κ2) is 11.6. The first-order valence-corrected chi connectivity index (χ1v) is 17.7. The molecule has 1 aliphatic heterocycles. The molecule has 2 aromatic heterocycles. The van der Waals surface area contributed by atoms with E-state index in [2.05, 4.69) is 115 Å². The van der Waals surface area contributed by atoms with Gasteiger partial charge in [-0.25, -0.2) is 4.98 Å². The number of allylic oxidation sites excluding steroid dienone is 4. The smallest absolute Gasteiger partial charge is 0.137 e. The van der Waals surface area contributed by atoms with Gasteiger partial charge in [-0.15, -0.1) is 0 Å². The number of amidine groups is 2. The highest BCUT2D eigenvalue weighted by atomic mass is 15.2. The molecule has 2 unspecified atom stereocenters. The lowest BCUT2D eigenvalue weighted by molar-refractivity contribution is 0.701. The number of aromatic nitrogens is 2. The van der Waals surface area contributed by atoms with Crippen LogP contribution in [0.2, 0.25) is 0 Å². The number of pyridine rings is 1. The fourth-order valence-electron chi connectivity index (χ4n) is 8.20. The lowest BCUT2D eigenvalue weighted by Crippen LogP contribution is -2.23. The van der Waals surface area contributed by atoms with Gasteiger partial charge in [0.25, 0.3) is 0 Å². The van der Waals surface area contributed by atoms with Gasteiger partial charge in [0.2, 0.25) is 0 Å². The minimum atomic E-state index is -0.388. The number of para-hydroxylation sites is 1. The Balaban J connectivity index is 1.11. The first kappa shape index (κ1) is 29.6. The lowest BCUT2D eigenvalue weighted by Gasteiger charge is -2.32. The summed E-state index contributed by atoms with van der Waals surface area (Å²) >= 11 is 0. The minimum Gasteiger partial charge on any atom is -0.438 e. The van der Waals surface area contributed by atoms with E-state index in [4.69, 9.17) is 20.3 Å². The number of benzene rings is 5. The molecular weight excluding hydrogens is 623 g/mol. The van der Waals surface area contributed by atoms with Gasteiger partial charge in [0.05, 0.1) is 23.0 Å². The second-order valence-corrected chi connectivity index (χ2v) is 13.6.